The van der Waals surface area contributed by atoms with Crippen LogP contribution in [0.15, 0.2) is 24.3 Å². The SMILES string of the molecule is CC1Cc2ccccc2N(CCCCO)C1. The molecule has 88 valence electrons. The predicted molar refractivity (Wildman–Crippen MR) is 67.8 cm³/mol. The lowest BCUT2D eigenvalue weighted by Crippen LogP contribution is -2.35. The molecule has 2 rings (SSSR count). The minimum Gasteiger partial charge on any atom is -0.396 e. The van der Waals surface area contributed by atoms with E-state index in [4.69, 9.17) is 5.11 Å². The lowest BCUT2D eigenvalue weighted by molar-refractivity contribution is 0.284. The molecule has 1 N–H and O–H groups in total. The molecule has 0 radical (unpaired) electrons. The smallest absolute Gasteiger partial charge is 0.0431 e. The molecule has 1 aromatic carbocycles. The van der Waals surface area contributed by atoms with Crippen molar-refractivity contribution in [2.75, 3.05) is 24.6 Å². The molecule has 1 aliphatic heterocycles. The number of fused-ring (bicyclic) bond motifs is 1. The number of unbranched alkanes of at least 4 members (excludes halogenated alkanes) is 1. The molecular weight excluding hydrogens is 198 g/mol. The third-order valence-corrected chi connectivity index (χ3v) is 3.27. The largest absolute Gasteiger partial charge is 0.396 e. The Kier molecular flexibility index (Phi) is 3.83. The van der Waals surface area contributed by atoms with Gasteiger partial charge in [-0.25, -0.2) is 0 Å². The third kappa shape index (κ3) is 2.56. The first-order valence-electron chi connectivity index (χ1n) is 6.25. The van der Waals surface area contributed by atoms with Crippen LogP contribution in [0.1, 0.15) is 25.3 Å². The number of aliphatic hydroxyl groups is 1. The van der Waals surface area contributed by atoms with E-state index in [-0.39, 0.29) is 0 Å². The van der Waals surface area contributed by atoms with Crippen LogP contribution >= 0.6 is 0 Å². The Bertz CT molecular complexity index is 337. The van der Waals surface area contributed by atoms with Gasteiger partial charge >= 0.3 is 0 Å². The summed E-state index contributed by atoms with van der Waals surface area (Å²) in [6.07, 6.45) is 3.19. The second-order valence-corrected chi connectivity index (χ2v) is 4.81. The zero-order valence-corrected chi connectivity index (χ0v) is 10.0. The molecule has 0 aromatic heterocycles. The maximum absolute atomic E-state index is 8.82. The molecule has 1 unspecified atom stereocenters. The zero-order chi connectivity index (χ0) is 11.4. The summed E-state index contributed by atoms with van der Waals surface area (Å²) < 4.78 is 0. The van der Waals surface area contributed by atoms with Crippen LogP contribution in [0.2, 0.25) is 0 Å². The standard InChI is InChI=1S/C14H21NO/c1-12-10-13-6-2-3-7-14(13)15(11-12)8-4-5-9-16/h2-3,6-7,12,16H,4-5,8-11H2,1H3. The van der Waals surface area contributed by atoms with Gasteiger partial charge in [-0.15, -0.1) is 0 Å². The van der Waals surface area contributed by atoms with Gasteiger partial charge in [0.1, 0.15) is 0 Å². The highest BCUT2D eigenvalue weighted by atomic mass is 16.2. The topological polar surface area (TPSA) is 23.5 Å². The summed E-state index contributed by atoms with van der Waals surface area (Å²) in [5.41, 5.74) is 2.88. The van der Waals surface area contributed by atoms with Gasteiger partial charge in [-0.1, -0.05) is 25.1 Å². The number of nitrogens with zero attached hydrogens (tertiary/aromatic N) is 1. The lowest BCUT2D eigenvalue weighted by atomic mass is 9.94. The van der Waals surface area contributed by atoms with E-state index in [1.54, 1.807) is 0 Å². The minimum atomic E-state index is 0.311. The molecule has 0 bridgehead atoms. The van der Waals surface area contributed by atoms with E-state index in [0.29, 0.717) is 6.61 Å². The molecule has 0 spiro atoms. The van der Waals surface area contributed by atoms with Crippen LogP contribution in [0.5, 0.6) is 0 Å². The fourth-order valence-corrected chi connectivity index (χ4v) is 2.53. The second kappa shape index (κ2) is 5.35. The highest BCUT2D eigenvalue weighted by Crippen LogP contribution is 2.29. The molecule has 1 atom stereocenters. The molecule has 16 heavy (non-hydrogen) atoms. The monoisotopic (exact) mass is 219 g/mol. The summed E-state index contributed by atoms with van der Waals surface area (Å²) in [4.78, 5) is 2.47. The van der Waals surface area contributed by atoms with Crippen molar-refractivity contribution in [3.05, 3.63) is 29.8 Å². The van der Waals surface area contributed by atoms with Crippen LogP contribution in [-0.2, 0) is 6.42 Å². The van der Waals surface area contributed by atoms with E-state index in [1.165, 1.54) is 17.7 Å². The van der Waals surface area contributed by atoms with Gasteiger partial charge in [-0.2, -0.15) is 0 Å². The van der Waals surface area contributed by atoms with Crippen molar-refractivity contribution in [3.8, 4) is 0 Å². The molecule has 0 fully saturated rings. The zero-order valence-electron chi connectivity index (χ0n) is 10.0. The van der Waals surface area contributed by atoms with Crippen LogP contribution in [0, 0.1) is 5.92 Å². The number of hydrogen-bond acceptors (Lipinski definition) is 2. The number of aliphatic hydroxyl groups excluding tert-OH is 1. The molecule has 2 heteroatoms. The molecule has 0 aliphatic carbocycles. The first kappa shape index (κ1) is 11.5. The van der Waals surface area contributed by atoms with Gasteiger partial charge in [-0.3, -0.25) is 0 Å². The number of rotatable bonds is 4. The predicted octanol–water partition coefficient (Wildman–Crippen LogP) is 2.46. The minimum absolute atomic E-state index is 0.311. The summed E-state index contributed by atoms with van der Waals surface area (Å²) in [6.45, 7) is 4.85. The number of para-hydroxylation sites is 1. The van der Waals surface area contributed by atoms with E-state index in [2.05, 4.69) is 36.1 Å². The Labute approximate surface area is 97.9 Å². The van der Waals surface area contributed by atoms with E-state index in [0.717, 1.165) is 31.8 Å². The van der Waals surface area contributed by atoms with Crippen molar-refractivity contribution in [2.24, 2.45) is 5.92 Å². The highest BCUT2D eigenvalue weighted by molar-refractivity contribution is 5.55. The van der Waals surface area contributed by atoms with Crippen LogP contribution < -0.4 is 4.90 Å². The molecule has 0 amide bonds. The van der Waals surface area contributed by atoms with Gasteiger partial charge in [0.05, 0.1) is 0 Å². The maximum atomic E-state index is 8.82. The average Bonchev–Trinajstić information content (AvgIpc) is 2.29. The van der Waals surface area contributed by atoms with Gasteiger partial charge in [0.25, 0.3) is 0 Å². The van der Waals surface area contributed by atoms with Crippen molar-refractivity contribution in [1.82, 2.24) is 0 Å². The van der Waals surface area contributed by atoms with Crippen molar-refractivity contribution < 1.29 is 5.11 Å². The van der Waals surface area contributed by atoms with E-state index < -0.39 is 0 Å². The van der Waals surface area contributed by atoms with Crippen molar-refractivity contribution in [2.45, 2.75) is 26.2 Å². The molecule has 0 saturated heterocycles. The molecule has 0 saturated carbocycles. The summed E-state index contributed by atoms with van der Waals surface area (Å²) in [6, 6.07) is 8.71. The summed E-state index contributed by atoms with van der Waals surface area (Å²) in [5, 5.41) is 8.82. The quantitative estimate of drug-likeness (QED) is 0.786. The Hall–Kier alpha value is -1.02. The summed E-state index contributed by atoms with van der Waals surface area (Å²) in [5.74, 6) is 0.740. The van der Waals surface area contributed by atoms with Crippen LogP contribution in [0.25, 0.3) is 0 Å². The maximum Gasteiger partial charge on any atom is 0.0431 e. The van der Waals surface area contributed by atoms with Gasteiger partial charge < -0.3 is 10.0 Å². The Balaban J connectivity index is 2.07. The molecular formula is C14H21NO. The fraction of sp³-hybridized carbons (Fsp3) is 0.571. The number of benzene rings is 1. The average molecular weight is 219 g/mol. The van der Waals surface area contributed by atoms with E-state index in [1.807, 2.05) is 0 Å². The molecule has 1 aliphatic rings. The Morgan fingerprint density at radius 2 is 2.12 bits per heavy atom. The number of hydrogen-bond donors (Lipinski definition) is 1. The molecule has 2 nitrogen and oxygen atoms in total. The Morgan fingerprint density at radius 1 is 1.31 bits per heavy atom. The van der Waals surface area contributed by atoms with Gasteiger partial charge in [0.15, 0.2) is 0 Å². The van der Waals surface area contributed by atoms with Crippen molar-refractivity contribution in [1.29, 1.82) is 0 Å². The van der Waals surface area contributed by atoms with E-state index >= 15 is 0 Å². The summed E-state index contributed by atoms with van der Waals surface area (Å²) in [7, 11) is 0. The molecule has 1 aromatic rings. The molecule has 1 heterocycles. The third-order valence-electron chi connectivity index (χ3n) is 3.27. The first-order valence-corrected chi connectivity index (χ1v) is 6.25. The van der Waals surface area contributed by atoms with Gasteiger partial charge in [0, 0.05) is 25.4 Å². The van der Waals surface area contributed by atoms with Crippen LogP contribution in [0.3, 0.4) is 0 Å². The van der Waals surface area contributed by atoms with Crippen molar-refractivity contribution >= 4 is 5.69 Å². The van der Waals surface area contributed by atoms with Crippen LogP contribution in [-0.4, -0.2) is 24.8 Å². The van der Waals surface area contributed by atoms with E-state index in [9.17, 15) is 0 Å². The normalized spacial score (nSPS) is 19.6. The first-order chi connectivity index (χ1) is 7.81. The highest BCUT2D eigenvalue weighted by Gasteiger charge is 2.20. The fourth-order valence-electron chi connectivity index (χ4n) is 2.53. The van der Waals surface area contributed by atoms with Gasteiger partial charge in [0.2, 0.25) is 0 Å². The second-order valence-electron chi connectivity index (χ2n) is 4.81. The Morgan fingerprint density at radius 3 is 2.94 bits per heavy atom. The van der Waals surface area contributed by atoms with Gasteiger partial charge in [-0.05, 0) is 36.8 Å². The number of anilines is 1. The van der Waals surface area contributed by atoms with Crippen molar-refractivity contribution in [3.63, 3.8) is 0 Å². The summed E-state index contributed by atoms with van der Waals surface area (Å²) >= 11 is 0. The lowest BCUT2D eigenvalue weighted by Gasteiger charge is -2.34. The van der Waals surface area contributed by atoms with Crippen LogP contribution in [0.4, 0.5) is 5.69 Å².